The van der Waals surface area contributed by atoms with Gasteiger partial charge in [0.15, 0.2) is 0 Å². The number of benzene rings is 2. The Balaban J connectivity index is 2.06. The Bertz CT molecular complexity index is 804. The zero-order valence-corrected chi connectivity index (χ0v) is 14.4. The molecule has 0 fully saturated rings. The van der Waals surface area contributed by atoms with E-state index in [9.17, 15) is 13.2 Å². The Morgan fingerprint density at radius 1 is 1.17 bits per heavy atom. The van der Waals surface area contributed by atoms with E-state index < -0.39 is 15.9 Å². The molecule has 0 radical (unpaired) electrons. The molecule has 5 nitrogen and oxygen atoms in total. The molecular weight excluding hydrogens is 336 g/mol. The highest BCUT2D eigenvalue weighted by atomic mass is 35.5. The highest BCUT2D eigenvalue weighted by molar-refractivity contribution is 7.89. The van der Waals surface area contributed by atoms with Gasteiger partial charge in [0.2, 0.25) is 15.9 Å². The Kier molecular flexibility index (Phi) is 5.41. The highest BCUT2D eigenvalue weighted by Crippen LogP contribution is 2.18. The normalized spacial score (nSPS) is 11.5. The van der Waals surface area contributed by atoms with Gasteiger partial charge >= 0.3 is 0 Å². The van der Waals surface area contributed by atoms with Crippen molar-refractivity contribution in [1.82, 2.24) is 4.31 Å². The van der Waals surface area contributed by atoms with Gasteiger partial charge in [-0.3, -0.25) is 4.79 Å². The van der Waals surface area contributed by atoms with E-state index in [0.29, 0.717) is 10.7 Å². The summed E-state index contributed by atoms with van der Waals surface area (Å²) in [6.45, 7) is 1.65. The molecule has 0 unspecified atom stereocenters. The first-order valence-electron chi connectivity index (χ1n) is 6.87. The second-order valence-corrected chi connectivity index (χ2v) is 7.61. The minimum absolute atomic E-state index is 0.0515. The topological polar surface area (TPSA) is 66.5 Å². The minimum Gasteiger partial charge on any atom is -0.325 e. The number of rotatable bonds is 5. The van der Waals surface area contributed by atoms with Gasteiger partial charge in [-0.05, 0) is 37.3 Å². The molecule has 0 aromatic heterocycles. The number of nitrogens with one attached hydrogen (secondary N) is 1. The van der Waals surface area contributed by atoms with Crippen LogP contribution >= 0.6 is 11.6 Å². The van der Waals surface area contributed by atoms with Crippen molar-refractivity contribution in [2.24, 2.45) is 0 Å². The zero-order valence-electron chi connectivity index (χ0n) is 12.8. The van der Waals surface area contributed by atoms with Crippen molar-refractivity contribution in [3.05, 3.63) is 59.1 Å². The molecule has 2 aromatic rings. The Morgan fingerprint density at radius 2 is 1.83 bits per heavy atom. The lowest BCUT2D eigenvalue weighted by Gasteiger charge is -2.17. The summed E-state index contributed by atoms with van der Waals surface area (Å²) < 4.78 is 25.8. The number of hydrogen-bond acceptors (Lipinski definition) is 3. The standard InChI is InChI=1S/C16H17ClN2O3S/c1-12-6-8-14(9-7-12)18-16(20)11-19(2)23(21,22)15-5-3-4-13(17)10-15/h3-10H,11H2,1-2H3,(H,18,20). The number of carbonyl (C=O) groups is 1. The number of anilines is 1. The molecule has 0 saturated heterocycles. The molecule has 0 saturated carbocycles. The van der Waals surface area contributed by atoms with Crippen molar-refractivity contribution in [1.29, 1.82) is 0 Å². The summed E-state index contributed by atoms with van der Waals surface area (Å²) in [6, 6.07) is 13.2. The van der Waals surface area contributed by atoms with Crippen LogP contribution in [0, 0.1) is 6.92 Å². The van der Waals surface area contributed by atoms with Gasteiger partial charge in [-0.2, -0.15) is 4.31 Å². The number of amides is 1. The summed E-state index contributed by atoms with van der Waals surface area (Å²) >= 11 is 5.82. The van der Waals surface area contributed by atoms with Crippen LogP contribution in [0.1, 0.15) is 5.56 Å². The molecule has 0 atom stereocenters. The molecule has 0 spiro atoms. The fraction of sp³-hybridized carbons (Fsp3) is 0.188. The molecule has 1 amide bonds. The summed E-state index contributed by atoms with van der Waals surface area (Å²) in [5, 5.41) is 2.99. The van der Waals surface area contributed by atoms with Crippen molar-refractivity contribution in [3.63, 3.8) is 0 Å². The molecule has 2 rings (SSSR count). The van der Waals surface area contributed by atoms with Crippen LogP contribution in [0.4, 0.5) is 5.69 Å². The average Bonchev–Trinajstić information content (AvgIpc) is 2.49. The molecule has 0 aliphatic heterocycles. The number of likely N-dealkylation sites (N-methyl/N-ethyl adjacent to an activating group) is 1. The third-order valence-electron chi connectivity index (χ3n) is 3.21. The first-order valence-corrected chi connectivity index (χ1v) is 8.69. The second-order valence-electron chi connectivity index (χ2n) is 5.13. The monoisotopic (exact) mass is 352 g/mol. The van der Waals surface area contributed by atoms with Gasteiger partial charge in [0, 0.05) is 17.8 Å². The third kappa shape index (κ3) is 4.54. The summed E-state index contributed by atoms with van der Waals surface area (Å²) in [5.74, 6) is -0.415. The van der Waals surface area contributed by atoms with Crippen molar-refractivity contribution in [2.45, 2.75) is 11.8 Å². The van der Waals surface area contributed by atoms with E-state index in [0.717, 1.165) is 9.87 Å². The van der Waals surface area contributed by atoms with Crippen molar-refractivity contribution < 1.29 is 13.2 Å². The number of hydrogen-bond donors (Lipinski definition) is 1. The van der Waals surface area contributed by atoms with Crippen LogP contribution in [-0.4, -0.2) is 32.2 Å². The minimum atomic E-state index is -3.77. The van der Waals surface area contributed by atoms with Crippen LogP contribution in [0.15, 0.2) is 53.4 Å². The van der Waals surface area contributed by atoms with Crippen LogP contribution in [0.3, 0.4) is 0 Å². The summed E-state index contributed by atoms with van der Waals surface area (Å²) in [6.07, 6.45) is 0. The molecule has 23 heavy (non-hydrogen) atoms. The lowest BCUT2D eigenvalue weighted by atomic mass is 10.2. The number of nitrogens with zero attached hydrogens (tertiary/aromatic N) is 1. The third-order valence-corrected chi connectivity index (χ3v) is 5.24. The van der Waals surface area contributed by atoms with E-state index in [4.69, 9.17) is 11.6 Å². The maximum Gasteiger partial charge on any atom is 0.243 e. The smallest absolute Gasteiger partial charge is 0.243 e. The summed E-state index contributed by atoms with van der Waals surface area (Å²) in [4.78, 5) is 12.1. The van der Waals surface area contributed by atoms with Gasteiger partial charge in [-0.1, -0.05) is 35.4 Å². The van der Waals surface area contributed by atoms with E-state index in [1.165, 1.54) is 19.2 Å². The fourth-order valence-corrected chi connectivity index (χ4v) is 3.36. The molecule has 0 aliphatic carbocycles. The Hall–Kier alpha value is -1.89. The second kappa shape index (κ2) is 7.12. The molecule has 7 heteroatoms. The number of halogens is 1. The zero-order chi connectivity index (χ0) is 17.0. The van der Waals surface area contributed by atoms with Crippen LogP contribution in [0.5, 0.6) is 0 Å². The molecule has 0 heterocycles. The maximum atomic E-state index is 12.4. The first-order chi connectivity index (χ1) is 10.8. The van der Waals surface area contributed by atoms with E-state index in [1.54, 1.807) is 24.3 Å². The Morgan fingerprint density at radius 3 is 2.43 bits per heavy atom. The predicted molar refractivity (Wildman–Crippen MR) is 91.1 cm³/mol. The van der Waals surface area contributed by atoms with Gasteiger partial charge in [0.1, 0.15) is 0 Å². The lowest BCUT2D eigenvalue weighted by Crippen LogP contribution is -2.34. The summed E-state index contributed by atoms with van der Waals surface area (Å²) in [5.41, 5.74) is 1.69. The molecular formula is C16H17ClN2O3S. The van der Waals surface area contributed by atoms with Crippen molar-refractivity contribution in [2.75, 3.05) is 18.9 Å². The van der Waals surface area contributed by atoms with Gasteiger partial charge in [-0.15, -0.1) is 0 Å². The quantitative estimate of drug-likeness (QED) is 0.899. The van der Waals surface area contributed by atoms with Crippen LogP contribution in [0.2, 0.25) is 5.02 Å². The van der Waals surface area contributed by atoms with E-state index in [1.807, 2.05) is 19.1 Å². The van der Waals surface area contributed by atoms with Crippen LogP contribution < -0.4 is 5.32 Å². The molecule has 1 N–H and O–H groups in total. The predicted octanol–water partition coefficient (Wildman–Crippen LogP) is 2.91. The fourth-order valence-electron chi connectivity index (χ4n) is 1.93. The average molecular weight is 353 g/mol. The van der Waals surface area contributed by atoms with Gasteiger partial charge < -0.3 is 5.32 Å². The van der Waals surface area contributed by atoms with Crippen molar-refractivity contribution >= 4 is 33.2 Å². The van der Waals surface area contributed by atoms with Gasteiger partial charge in [-0.25, -0.2) is 8.42 Å². The van der Waals surface area contributed by atoms with E-state index in [2.05, 4.69) is 5.32 Å². The first kappa shape index (κ1) is 17.5. The molecule has 122 valence electrons. The highest BCUT2D eigenvalue weighted by Gasteiger charge is 2.23. The van der Waals surface area contributed by atoms with E-state index >= 15 is 0 Å². The van der Waals surface area contributed by atoms with Gasteiger partial charge in [0.05, 0.1) is 11.4 Å². The van der Waals surface area contributed by atoms with Crippen LogP contribution in [-0.2, 0) is 14.8 Å². The van der Waals surface area contributed by atoms with E-state index in [-0.39, 0.29) is 11.4 Å². The lowest BCUT2D eigenvalue weighted by molar-refractivity contribution is -0.116. The van der Waals surface area contributed by atoms with Crippen LogP contribution in [0.25, 0.3) is 0 Å². The molecule has 2 aromatic carbocycles. The molecule has 0 aliphatic rings. The number of sulfonamides is 1. The summed E-state index contributed by atoms with van der Waals surface area (Å²) in [7, 11) is -2.42. The Labute approximate surface area is 140 Å². The molecule has 0 bridgehead atoms. The van der Waals surface area contributed by atoms with Crippen molar-refractivity contribution in [3.8, 4) is 0 Å². The maximum absolute atomic E-state index is 12.4. The number of aryl methyl sites for hydroxylation is 1. The SMILES string of the molecule is Cc1ccc(NC(=O)CN(C)S(=O)(=O)c2cccc(Cl)c2)cc1. The largest absolute Gasteiger partial charge is 0.325 e. The number of carbonyl (C=O) groups excluding carboxylic acids is 1. The van der Waals surface area contributed by atoms with Gasteiger partial charge in [0.25, 0.3) is 0 Å².